The van der Waals surface area contributed by atoms with Crippen LogP contribution in [0.4, 0.5) is 0 Å². The Bertz CT molecular complexity index is 1110. The first-order valence-electron chi connectivity index (χ1n) is 9.30. The van der Waals surface area contributed by atoms with Crippen molar-refractivity contribution in [2.24, 2.45) is 0 Å². The van der Waals surface area contributed by atoms with Crippen molar-refractivity contribution in [2.45, 2.75) is 37.2 Å². The molecule has 0 aliphatic heterocycles. The molecule has 0 spiro atoms. The highest BCUT2D eigenvalue weighted by Crippen LogP contribution is 2.25. The first kappa shape index (κ1) is 20.8. The van der Waals surface area contributed by atoms with E-state index in [0.717, 1.165) is 23.7 Å². The predicted octanol–water partition coefficient (Wildman–Crippen LogP) is 3.50. The lowest BCUT2D eigenvalue weighted by molar-refractivity contribution is -0.141. The van der Waals surface area contributed by atoms with Gasteiger partial charge in [-0.15, -0.1) is 0 Å². The van der Waals surface area contributed by atoms with Gasteiger partial charge in [-0.2, -0.15) is 0 Å². The number of carbonyl (C=O) groups excluding carboxylic acids is 2. The van der Waals surface area contributed by atoms with Gasteiger partial charge in [0.1, 0.15) is 6.54 Å². The lowest BCUT2D eigenvalue weighted by Crippen LogP contribution is -2.28. The number of ketones is 1. The number of benzene rings is 2. The zero-order chi connectivity index (χ0) is 21.0. The fourth-order valence-electron chi connectivity index (χ4n) is 2.92. The highest BCUT2D eigenvalue weighted by Gasteiger charge is 2.21. The van der Waals surface area contributed by atoms with Crippen molar-refractivity contribution in [3.05, 3.63) is 70.0 Å². The number of ether oxygens (including phenoxy) is 1. The molecule has 0 aliphatic rings. The summed E-state index contributed by atoms with van der Waals surface area (Å²) in [5.74, 6) is -0.621. The molecule has 0 bridgehead atoms. The van der Waals surface area contributed by atoms with E-state index in [1.54, 1.807) is 31.2 Å². The largest absolute Gasteiger partial charge is 0.468 e. The van der Waals surface area contributed by atoms with Crippen molar-refractivity contribution in [1.82, 2.24) is 9.55 Å². The molecule has 6 nitrogen and oxygen atoms in total. The number of para-hydroxylation sites is 1. The van der Waals surface area contributed by atoms with E-state index < -0.39 is 11.2 Å². The summed E-state index contributed by atoms with van der Waals surface area (Å²) in [4.78, 5) is 42.1. The van der Waals surface area contributed by atoms with E-state index in [1.807, 2.05) is 24.3 Å². The zero-order valence-electron chi connectivity index (χ0n) is 16.5. The van der Waals surface area contributed by atoms with Gasteiger partial charge in [0.25, 0.3) is 5.56 Å². The van der Waals surface area contributed by atoms with Gasteiger partial charge in [0.15, 0.2) is 10.9 Å². The molecule has 1 heterocycles. The molecule has 0 fully saturated rings. The van der Waals surface area contributed by atoms with Crippen LogP contribution in [-0.2, 0) is 22.5 Å². The van der Waals surface area contributed by atoms with Crippen molar-refractivity contribution in [1.29, 1.82) is 0 Å². The Kier molecular flexibility index (Phi) is 6.49. The average Bonchev–Trinajstić information content (AvgIpc) is 2.75. The van der Waals surface area contributed by atoms with Crippen molar-refractivity contribution in [2.75, 3.05) is 7.11 Å². The number of rotatable bonds is 7. The molecule has 29 heavy (non-hydrogen) atoms. The molecule has 0 amide bonds. The van der Waals surface area contributed by atoms with Gasteiger partial charge in [0.05, 0.1) is 23.3 Å². The molecule has 0 aliphatic carbocycles. The monoisotopic (exact) mass is 410 g/mol. The number of nitrogens with zero attached hydrogens (tertiary/aromatic N) is 2. The molecule has 0 unspecified atom stereocenters. The molecular weight excluding hydrogens is 388 g/mol. The van der Waals surface area contributed by atoms with E-state index in [4.69, 9.17) is 4.74 Å². The molecule has 1 atom stereocenters. The standard InChI is InChI=1S/C22H22N2O4S/c1-4-15-9-11-16(12-10-15)20(26)14(2)29-22-23-18-8-6-5-7-17(18)21(27)24(22)13-19(25)28-3/h5-12,14H,4,13H2,1-3H3/t14-/m0/s1. The molecule has 3 rings (SSSR count). The van der Waals surface area contributed by atoms with Crippen molar-refractivity contribution >= 4 is 34.4 Å². The number of hydrogen-bond donors (Lipinski definition) is 0. The van der Waals surface area contributed by atoms with Gasteiger partial charge in [-0.3, -0.25) is 19.0 Å². The summed E-state index contributed by atoms with van der Waals surface area (Å²) in [7, 11) is 1.26. The minimum Gasteiger partial charge on any atom is -0.468 e. The molecule has 2 aromatic carbocycles. The molecule has 0 saturated heterocycles. The van der Waals surface area contributed by atoms with Gasteiger partial charge in [-0.05, 0) is 31.0 Å². The Morgan fingerprint density at radius 2 is 1.83 bits per heavy atom. The highest BCUT2D eigenvalue weighted by molar-refractivity contribution is 8.00. The van der Waals surface area contributed by atoms with E-state index in [1.165, 1.54) is 11.7 Å². The summed E-state index contributed by atoms with van der Waals surface area (Å²) in [6.07, 6.45) is 0.902. The Labute approximate surface area is 172 Å². The Morgan fingerprint density at radius 3 is 2.48 bits per heavy atom. The summed E-state index contributed by atoms with van der Waals surface area (Å²) in [5, 5.41) is 0.236. The number of aromatic nitrogens is 2. The molecule has 0 saturated carbocycles. The third-order valence-electron chi connectivity index (χ3n) is 4.64. The second-order valence-electron chi connectivity index (χ2n) is 6.55. The quantitative estimate of drug-likeness (QED) is 0.257. The predicted molar refractivity (Wildman–Crippen MR) is 113 cm³/mol. The summed E-state index contributed by atoms with van der Waals surface area (Å²) in [6.45, 7) is 3.56. The zero-order valence-corrected chi connectivity index (χ0v) is 17.4. The molecule has 0 radical (unpaired) electrons. The van der Waals surface area contributed by atoms with Gasteiger partial charge < -0.3 is 4.74 Å². The SMILES string of the molecule is CCc1ccc(C(=O)[C@H](C)Sc2nc3ccccc3c(=O)n2CC(=O)OC)cc1. The van der Waals surface area contributed by atoms with Gasteiger partial charge in [-0.1, -0.05) is 55.1 Å². The average molecular weight is 410 g/mol. The molecule has 7 heteroatoms. The van der Waals surface area contributed by atoms with Crippen molar-refractivity contribution in [3.8, 4) is 0 Å². The lowest BCUT2D eigenvalue weighted by Gasteiger charge is -2.15. The van der Waals surface area contributed by atoms with E-state index >= 15 is 0 Å². The Morgan fingerprint density at radius 1 is 1.14 bits per heavy atom. The Hall–Kier alpha value is -2.93. The second-order valence-corrected chi connectivity index (χ2v) is 7.86. The van der Waals surface area contributed by atoms with Crippen molar-refractivity contribution < 1.29 is 14.3 Å². The van der Waals surface area contributed by atoms with Crippen LogP contribution in [0.1, 0.15) is 29.8 Å². The normalized spacial score (nSPS) is 12.0. The first-order valence-corrected chi connectivity index (χ1v) is 10.2. The van der Waals surface area contributed by atoms with Gasteiger partial charge in [0.2, 0.25) is 0 Å². The topological polar surface area (TPSA) is 78.3 Å². The molecule has 150 valence electrons. The number of thioether (sulfide) groups is 1. The summed E-state index contributed by atoms with van der Waals surface area (Å²) >= 11 is 1.16. The minimum atomic E-state index is -0.555. The smallest absolute Gasteiger partial charge is 0.325 e. The fourth-order valence-corrected chi connectivity index (χ4v) is 3.91. The maximum Gasteiger partial charge on any atom is 0.325 e. The number of esters is 1. The van der Waals surface area contributed by atoms with Crippen LogP contribution in [0.5, 0.6) is 0 Å². The summed E-state index contributed by atoms with van der Waals surface area (Å²) in [5.41, 5.74) is 1.94. The van der Waals surface area contributed by atoms with E-state index in [2.05, 4.69) is 11.9 Å². The van der Waals surface area contributed by atoms with Crippen LogP contribution in [-0.4, -0.2) is 33.7 Å². The number of fused-ring (bicyclic) bond motifs is 1. The van der Waals surface area contributed by atoms with E-state index in [0.29, 0.717) is 21.6 Å². The number of methoxy groups -OCH3 is 1. The highest BCUT2D eigenvalue weighted by atomic mass is 32.2. The number of carbonyl (C=O) groups is 2. The molecule has 3 aromatic rings. The van der Waals surface area contributed by atoms with E-state index in [-0.39, 0.29) is 17.9 Å². The lowest BCUT2D eigenvalue weighted by atomic mass is 10.1. The molecular formula is C22H22N2O4S. The molecule has 1 aromatic heterocycles. The maximum absolute atomic E-state index is 12.9. The van der Waals surface area contributed by atoms with Crippen LogP contribution in [0.25, 0.3) is 10.9 Å². The van der Waals surface area contributed by atoms with Crippen LogP contribution in [0.15, 0.2) is 58.5 Å². The number of aryl methyl sites for hydroxylation is 1. The third kappa shape index (κ3) is 4.56. The van der Waals surface area contributed by atoms with E-state index in [9.17, 15) is 14.4 Å². The maximum atomic E-state index is 12.9. The second kappa shape index (κ2) is 9.05. The first-order chi connectivity index (χ1) is 13.9. The van der Waals surface area contributed by atoms with Crippen LogP contribution in [0.3, 0.4) is 0 Å². The molecule has 0 N–H and O–H groups in total. The minimum absolute atomic E-state index is 0.0651. The van der Waals surface area contributed by atoms with Gasteiger partial charge in [-0.25, -0.2) is 4.98 Å². The fraction of sp³-hybridized carbons (Fsp3) is 0.273. The van der Waals surface area contributed by atoms with Crippen LogP contribution >= 0.6 is 11.8 Å². The number of Topliss-reactive ketones (excluding diaryl/α,β-unsaturated/α-hetero) is 1. The summed E-state index contributed by atoms with van der Waals surface area (Å²) in [6, 6.07) is 14.4. The van der Waals surface area contributed by atoms with Crippen molar-refractivity contribution in [3.63, 3.8) is 0 Å². The van der Waals surface area contributed by atoms with Gasteiger partial charge in [0, 0.05) is 5.56 Å². The number of hydrogen-bond acceptors (Lipinski definition) is 6. The van der Waals surface area contributed by atoms with Crippen LogP contribution < -0.4 is 5.56 Å². The van der Waals surface area contributed by atoms with Crippen LogP contribution in [0.2, 0.25) is 0 Å². The Balaban J connectivity index is 1.96. The van der Waals surface area contributed by atoms with Gasteiger partial charge >= 0.3 is 5.97 Å². The van der Waals surface area contributed by atoms with Crippen LogP contribution in [0, 0.1) is 0 Å². The third-order valence-corrected chi connectivity index (χ3v) is 5.73. The summed E-state index contributed by atoms with van der Waals surface area (Å²) < 4.78 is 5.98.